The first kappa shape index (κ1) is 16.0. The van der Waals surface area contributed by atoms with Crippen molar-refractivity contribution in [1.29, 1.82) is 0 Å². The Hall–Kier alpha value is -1.42. The van der Waals surface area contributed by atoms with Crippen LogP contribution in [0.15, 0.2) is 24.4 Å². The van der Waals surface area contributed by atoms with Gasteiger partial charge in [0.15, 0.2) is 0 Å². The number of likely N-dealkylation sites (N-methyl/N-ethyl adjacent to an activating group) is 1. The average Bonchev–Trinajstić information content (AvgIpc) is 2.90. The van der Waals surface area contributed by atoms with Gasteiger partial charge in [-0.2, -0.15) is 0 Å². The number of nitrogens with zero attached hydrogens (tertiary/aromatic N) is 3. The van der Waals surface area contributed by atoms with Gasteiger partial charge in [0.25, 0.3) is 0 Å². The van der Waals surface area contributed by atoms with Crippen LogP contribution in [0, 0.1) is 5.92 Å². The third-order valence-electron chi connectivity index (χ3n) is 4.40. The highest BCUT2D eigenvalue weighted by atomic mass is 16.2. The summed E-state index contributed by atoms with van der Waals surface area (Å²) in [6, 6.07) is 6.37. The van der Waals surface area contributed by atoms with Crippen LogP contribution < -0.4 is 0 Å². The number of aryl methyl sites for hydroxylation is 1. The second-order valence-corrected chi connectivity index (χ2v) is 6.20. The van der Waals surface area contributed by atoms with Crippen molar-refractivity contribution < 1.29 is 4.79 Å². The fourth-order valence-corrected chi connectivity index (χ4v) is 3.24. The lowest BCUT2D eigenvalue weighted by atomic mass is 9.98. The SMILES string of the molecule is CCC[C@H]1CN(C(=O)CCc2ccccn2)C[C@@H]1N(C)C. The van der Waals surface area contributed by atoms with E-state index in [9.17, 15) is 4.79 Å². The Morgan fingerprint density at radius 3 is 2.81 bits per heavy atom. The van der Waals surface area contributed by atoms with Crippen LogP contribution in [0.2, 0.25) is 0 Å². The van der Waals surface area contributed by atoms with Gasteiger partial charge in [0.05, 0.1) is 0 Å². The number of amides is 1. The summed E-state index contributed by atoms with van der Waals surface area (Å²) in [5.41, 5.74) is 0.999. The van der Waals surface area contributed by atoms with Crippen molar-refractivity contribution >= 4 is 5.91 Å². The number of pyridine rings is 1. The molecule has 116 valence electrons. The number of aromatic nitrogens is 1. The Morgan fingerprint density at radius 2 is 2.19 bits per heavy atom. The summed E-state index contributed by atoms with van der Waals surface area (Å²) in [7, 11) is 4.24. The van der Waals surface area contributed by atoms with Gasteiger partial charge in [-0.25, -0.2) is 0 Å². The van der Waals surface area contributed by atoms with Crippen molar-refractivity contribution in [1.82, 2.24) is 14.8 Å². The molecule has 1 aromatic rings. The summed E-state index contributed by atoms with van der Waals surface area (Å²) in [5.74, 6) is 0.884. The molecule has 0 unspecified atom stereocenters. The van der Waals surface area contributed by atoms with Crippen LogP contribution in [0.5, 0.6) is 0 Å². The molecule has 1 aromatic heterocycles. The summed E-state index contributed by atoms with van der Waals surface area (Å²) in [4.78, 5) is 21.0. The largest absolute Gasteiger partial charge is 0.341 e. The predicted molar refractivity (Wildman–Crippen MR) is 85.0 cm³/mol. The summed E-state index contributed by atoms with van der Waals surface area (Å²) in [6.45, 7) is 4.01. The van der Waals surface area contributed by atoms with Crippen LogP contribution >= 0.6 is 0 Å². The third kappa shape index (κ3) is 4.27. The van der Waals surface area contributed by atoms with Crippen LogP contribution in [-0.4, -0.2) is 53.9 Å². The number of hydrogen-bond donors (Lipinski definition) is 0. The average molecular weight is 289 g/mol. The summed E-state index contributed by atoms with van der Waals surface area (Å²) >= 11 is 0. The van der Waals surface area contributed by atoms with E-state index < -0.39 is 0 Å². The van der Waals surface area contributed by atoms with E-state index in [1.54, 1.807) is 6.20 Å². The first-order valence-electron chi connectivity index (χ1n) is 7.96. The van der Waals surface area contributed by atoms with Crippen molar-refractivity contribution in [2.75, 3.05) is 27.2 Å². The highest BCUT2D eigenvalue weighted by Crippen LogP contribution is 2.25. The molecule has 1 saturated heterocycles. The molecule has 1 aliphatic heterocycles. The summed E-state index contributed by atoms with van der Waals surface area (Å²) in [5, 5.41) is 0. The quantitative estimate of drug-likeness (QED) is 0.805. The molecule has 2 atom stereocenters. The minimum absolute atomic E-state index is 0.270. The van der Waals surface area contributed by atoms with Gasteiger partial charge in [0.2, 0.25) is 5.91 Å². The van der Waals surface area contributed by atoms with Crippen molar-refractivity contribution in [3.8, 4) is 0 Å². The van der Waals surface area contributed by atoms with E-state index >= 15 is 0 Å². The Bertz CT molecular complexity index is 447. The van der Waals surface area contributed by atoms with Crippen LogP contribution in [0.25, 0.3) is 0 Å². The Balaban J connectivity index is 1.88. The number of rotatable bonds is 6. The molecule has 1 fully saturated rings. The Kier molecular flexibility index (Phi) is 5.74. The van der Waals surface area contributed by atoms with Crippen molar-refractivity contribution in [3.63, 3.8) is 0 Å². The standard InChI is InChI=1S/C17H27N3O/c1-4-7-14-12-20(13-16(14)19(2)3)17(21)10-9-15-8-5-6-11-18-15/h5-6,8,11,14,16H,4,7,9-10,12-13H2,1-3H3/t14-,16-/m0/s1. The van der Waals surface area contributed by atoms with Gasteiger partial charge in [-0.3, -0.25) is 9.78 Å². The lowest BCUT2D eigenvalue weighted by molar-refractivity contribution is -0.130. The number of carbonyl (C=O) groups excluding carboxylic acids is 1. The van der Waals surface area contributed by atoms with Gasteiger partial charge in [-0.05, 0) is 45.0 Å². The fraction of sp³-hybridized carbons (Fsp3) is 0.647. The molecule has 0 N–H and O–H groups in total. The first-order valence-corrected chi connectivity index (χ1v) is 7.96. The molecule has 4 heteroatoms. The lowest BCUT2D eigenvalue weighted by Crippen LogP contribution is -2.36. The normalized spacial score (nSPS) is 22.0. The van der Waals surface area contributed by atoms with E-state index in [4.69, 9.17) is 0 Å². The Labute approximate surface area is 128 Å². The molecule has 2 heterocycles. The molecule has 0 bridgehead atoms. The van der Waals surface area contributed by atoms with Gasteiger partial charge in [0, 0.05) is 37.4 Å². The smallest absolute Gasteiger partial charge is 0.223 e. The molecule has 0 aromatic carbocycles. The van der Waals surface area contributed by atoms with Crippen molar-refractivity contribution in [3.05, 3.63) is 30.1 Å². The highest BCUT2D eigenvalue weighted by Gasteiger charge is 2.35. The topological polar surface area (TPSA) is 36.4 Å². The zero-order valence-electron chi connectivity index (χ0n) is 13.5. The summed E-state index contributed by atoms with van der Waals surface area (Å²) in [6.07, 6.45) is 5.48. The highest BCUT2D eigenvalue weighted by molar-refractivity contribution is 5.76. The van der Waals surface area contributed by atoms with E-state index in [0.717, 1.165) is 25.2 Å². The number of hydrogen-bond acceptors (Lipinski definition) is 3. The molecule has 2 rings (SSSR count). The van der Waals surface area contributed by atoms with Gasteiger partial charge in [-0.15, -0.1) is 0 Å². The maximum absolute atomic E-state index is 12.4. The lowest BCUT2D eigenvalue weighted by Gasteiger charge is -2.24. The molecule has 0 aliphatic carbocycles. The number of likely N-dealkylation sites (tertiary alicyclic amines) is 1. The summed E-state index contributed by atoms with van der Waals surface area (Å²) < 4.78 is 0. The van der Waals surface area contributed by atoms with Crippen LogP contribution in [0.1, 0.15) is 31.9 Å². The minimum Gasteiger partial charge on any atom is -0.341 e. The van der Waals surface area contributed by atoms with E-state index in [-0.39, 0.29) is 5.91 Å². The van der Waals surface area contributed by atoms with E-state index in [0.29, 0.717) is 18.4 Å². The fourth-order valence-electron chi connectivity index (χ4n) is 3.24. The predicted octanol–water partition coefficient (Wildman–Crippen LogP) is 2.20. The molecule has 4 nitrogen and oxygen atoms in total. The Morgan fingerprint density at radius 1 is 1.38 bits per heavy atom. The van der Waals surface area contributed by atoms with Crippen LogP contribution in [0.4, 0.5) is 0 Å². The maximum Gasteiger partial charge on any atom is 0.223 e. The molecule has 1 aliphatic rings. The van der Waals surface area contributed by atoms with Crippen LogP contribution in [0.3, 0.4) is 0 Å². The number of carbonyl (C=O) groups is 1. The molecular weight excluding hydrogens is 262 g/mol. The van der Waals surface area contributed by atoms with Gasteiger partial charge in [0.1, 0.15) is 0 Å². The third-order valence-corrected chi connectivity index (χ3v) is 4.40. The van der Waals surface area contributed by atoms with Crippen molar-refractivity contribution in [2.45, 2.75) is 38.6 Å². The molecule has 21 heavy (non-hydrogen) atoms. The van der Waals surface area contributed by atoms with E-state index in [1.807, 2.05) is 23.1 Å². The zero-order valence-corrected chi connectivity index (χ0v) is 13.5. The molecule has 1 amide bonds. The van der Waals surface area contributed by atoms with Crippen LogP contribution in [-0.2, 0) is 11.2 Å². The minimum atomic E-state index is 0.270. The maximum atomic E-state index is 12.4. The molecular formula is C17H27N3O. The van der Waals surface area contributed by atoms with E-state index in [1.165, 1.54) is 12.8 Å². The zero-order chi connectivity index (χ0) is 15.2. The van der Waals surface area contributed by atoms with Gasteiger partial charge >= 0.3 is 0 Å². The van der Waals surface area contributed by atoms with Gasteiger partial charge in [-0.1, -0.05) is 19.4 Å². The molecule has 0 spiro atoms. The second kappa shape index (κ2) is 7.55. The van der Waals surface area contributed by atoms with Crippen molar-refractivity contribution in [2.24, 2.45) is 5.92 Å². The molecule has 0 radical (unpaired) electrons. The van der Waals surface area contributed by atoms with E-state index in [2.05, 4.69) is 30.9 Å². The molecule has 0 saturated carbocycles. The van der Waals surface area contributed by atoms with Gasteiger partial charge < -0.3 is 9.80 Å². The second-order valence-electron chi connectivity index (χ2n) is 6.20. The first-order chi connectivity index (χ1) is 10.1. The monoisotopic (exact) mass is 289 g/mol.